The fourth-order valence-corrected chi connectivity index (χ4v) is 3.00. The van der Waals surface area contributed by atoms with Crippen LogP contribution in [0.4, 0.5) is 10.6 Å². The van der Waals surface area contributed by atoms with Gasteiger partial charge in [0.15, 0.2) is 10.7 Å². The lowest BCUT2D eigenvalue weighted by Gasteiger charge is -2.15. The summed E-state index contributed by atoms with van der Waals surface area (Å²) >= 11 is 0. The normalized spacial score (nSPS) is 11.3. The molecule has 11 nitrogen and oxygen atoms in total. The van der Waals surface area contributed by atoms with Crippen LogP contribution in [-0.4, -0.2) is 59.3 Å². The summed E-state index contributed by atoms with van der Waals surface area (Å²) in [6.07, 6.45) is 0. The summed E-state index contributed by atoms with van der Waals surface area (Å²) < 4.78 is 56.5. The Balaban J connectivity index is 2.84. The van der Waals surface area contributed by atoms with Gasteiger partial charge in [0.2, 0.25) is 5.88 Å². The first kappa shape index (κ1) is 18.9. The average molecular weight is 368 g/mol. The van der Waals surface area contributed by atoms with Crippen LogP contribution in [0.15, 0.2) is 12.1 Å². The highest BCUT2D eigenvalue weighted by molar-refractivity contribution is 7.88. The summed E-state index contributed by atoms with van der Waals surface area (Å²) in [6.45, 7) is 0. The average Bonchev–Trinajstić information content (AvgIpc) is 2.45. The first-order valence-electron chi connectivity index (χ1n) is 5.95. The number of pyridine rings is 1. The number of ether oxygens (including phenoxy) is 2. The van der Waals surface area contributed by atoms with Gasteiger partial charge in [-0.15, -0.1) is 0 Å². The molecule has 0 radical (unpaired) electrons. The van der Waals surface area contributed by atoms with Crippen LogP contribution in [-0.2, 0) is 20.9 Å². The lowest BCUT2D eigenvalue weighted by atomic mass is 10.4. The molecule has 0 unspecified atom stereocenters. The second kappa shape index (κ2) is 7.94. The van der Waals surface area contributed by atoms with Gasteiger partial charge < -0.3 is 9.47 Å². The van der Waals surface area contributed by atoms with E-state index in [1.165, 1.54) is 26.4 Å². The topological polar surface area (TPSA) is 144 Å². The van der Waals surface area contributed by atoms with Gasteiger partial charge in [-0.05, 0) is 0 Å². The number of hydrogen-bond donors (Lipinski definition) is 3. The van der Waals surface area contributed by atoms with Gasteiger partial charge >= 0.3 is 16.2 Å². The van der Waals surface area contributed by atoms with Gasteiger partial charge in [0, 0.05) is 19.2 Å². The molecule has 2 amide bonds. The quantitative estimate of drug-likeness (QED) is 0.518. The number of urea groups is 1. The smallest absolute Gasteiger partial charge is 0.335 e. The standard InChI is InChI=1S/C10H16N4O7S2/c1-14(6-22(16)17)23(18,19)13-10(15)12-8-4-7(20-2)5-9(11-8)21-3/h4-5,22H,6H2,1-3H3,(H2,11,12,13,15). The number of rotatable bonds is 7. The van der Waals surface area contributed by atoms with Gasteiger partial charge in [0.1, 0.15) is 17.4 Å². The van der Waals surface area contributed by atoms with E-state index in [1.807, 2.05) is 0 Å². The van der Waals surface area contributed by atoms with Crippen LogP contribution in [0, 0.1) is 0 Å². The van der Waals surface area contributed by atoms with E-state index in [9.17, 15) is 21.6 Å². The molecule has 0 aliphatic carbocycles. The van der Waals surface area contributed by atoms with Crippen molar-refractivity contribution in [2.45, 2.75) is 0 Å². The van der Waals surface area contributed by atoms with E-state index in [0.717, 1.165) is 7.05 Å². The Bertz CT molecular complexity index is 717. The molecule has 23 heavy (non-hydrogen) atoms. The number of nitrogens with one attached hydrogen (secondary N) is 2. The summed E-state index contributed by atoms with van der Waals surface area (Å²) in [5, 5.41) is 2.18. The minimum atomic E-state index is -4.31. The van der Waals surface area contributed by atoms with Crippen molar-refractivity contribution in [3.05, 3.63) is 12.1 Å². The van der Waals surface area contributed by atoms with Crippen molar-refractivity contribution in [2.24, 2.45) is 0 Å². The fraction of sp³-hybridized carbons (Fsp3) is 0.400. The summed E-state index contributed by atoms with van der Waals surface area (Å²) in [4.78, 5) is 15.6. The lowest BCUT2D eigenvalue weighted by Crippen LogP contribution is -2.44. The maximum atomic E-state index is 11.7. The third-order valence-corrected chi connectivity index (χ3v) is 4.65. The van der Waals surface area contributed by atoms with Crippen molar-refractivity contribution in [1.82, 2.24) is 14.0 Å². The Morgan fingerprint density at radius 2 is 1.96 bits per heavy atom. The van der Waals surface area contributed by atoms with E-state index in [0.29, 0.717) is 10.1 Å². The molecule has 0 aliphatic heterocycles. The number of thiol groups is 1. The van der Waals surface area contributed by atoms with Gasteiger partial charge in [0.05, 0.1) is 14.2 Å². The molecule has 1 rings (SSSR count). The summed E-state index contributed by atoms with van der Waals surface area (Å²) in [6, 6.07) is 1.67. The van der Waals surface area contributed by atoms with Crippen molar-refractivity contribution in [3.8, 4) is 11.6 Å². The van der Waals surface area contributed by atoms with E-state index in [-0.39, 0.29) is 11.7 Å². The van der Waals surface area contributed by atoms with Crippen molar-refractivity contribution in [3.63, 3.8) is 0 Å². The molecule has 0 saturated carbocycles. The predicted octanol–water partition coefficient (Wildman–Crippen LogP) is -1.03. The molecule has 130 valence electrons. The molecule has 0 atom stereocenters. The Kier molecular flexibility index (Phi) is 6.53. The van der Waals surface area contributed by atoms with E-state index >= 15 is 0 Å². The third-order valence-electron chi connectivity index (χ3n) is 2.41. The fourth-order valence-electron chi connectivity index (χ4n) is 1.34. The molecule has 13 heteroatoms. The van der Waals surface area contributed by atoms with Crippen LogP contribution in [0.3, 0.4) is 0 Å². The number of anilines is 1. The number of aromatic nitrogens is 1. The number of methoxy groups -OCH3 is 2. The number of amides is 2. The van der Waals surface area contributed by atoms with Crippen LogP contribution >= 0.6 is 0 Å². The molecular formula is C10H16N4O7S2. The van der Waals surface area contributed by atoms with Crippen molar-refractivity contribution in [2.75, 3.05) is 32.5 Å². The number of carbonyl (C=O) groups excluding carboxylic acids is 1. The monoisotopic (exact) mass is 368 g/mol. The molecular weight excluding hydrogens is 352 g/mol. The van der Waals surface area contributed by atoms with Crippen LogP contribution in [0.2, 0.25) is 0 Å². The number of hydrogen-bond acceptors (Lipinski definition) is 8. The van der Waals surface area contributed by atoms with E-state index in [4.69, 9.17) is 9.47 Å². The second-order valence-electron chi connectivity index (χ2n) is 4.07. The van der Waals surface area contributed by atoms with E-state index < -0.39 is 32.8 Å². The van der Waals surface area contributed by atoms with Crippen molar-refractivity contribution >= 4 is 32.8 Å². The number of nitrogens with zero attached hydrogens (tertiary/aromatic N) is 2. The highest BCUT2D eigenvalue weighted by Gasteiger charge is 2.21. The minimum Gasteiger partial charge on any atom is -0.496 e. The van der Waals surface area contributed by atoms with Gasteiger partial charge in [-0.2, -0.15) is 17.7 Å². The molecule has 1 aromatic rings. The van der Waals surface area contributed by atoms with Crippen LogP contribution in [0.5, 0.6) is 11.6 Å². The first-order chi connectivity index (χ1) is 10.7. The maximum Gasteiger partial charge on any atom is 0.335 e. The summed E-state index contributed by atoms with van der Waals surface area (Å²) in [5.74, 6) is -0.312. The highest BCUT2D eigenvalue weighted by atomic mass is 32.2. The molecule has 0 aliphatic rings. The van der Waals surface area contributed by atoms with Crippen LogP contribution in [0.1, 0.15) is 0 Å². The molecule has 0 saturated heterocycles. The second-order valence-corrected chi connectivity index (χ2v) is 6.79. The van der Waals surface area contributed by atoms with Gasteiger partial charge in [0.25, 0.3) is 0 Å². The molecule has 0 bridgehead atoms. The minimum absolute atomic E-state index is 0.0218. The highest BCUT2D eigenvalue weighted by Crippen LogP contribution is 2.21. The summed E-state index contributed by atoms with van der Waals surface area (Å²) in [7, 11) is -3.51. The first-order valence-corrected chi connectivity index (χ1v) is 8.75. The maximum absolute atomic E-state index is 11.7. The molecule has 2 N–H and O–H groups in total. The Labute approximate surface area is 134 Å². The predicted molar refractivity (Wildman–Crippen MR) is 81.4 cm³/mol. The van der Waals surface area contributed by atoms with E-state index in [2.05, 4.69) is 10.3 Å². The third kappa shape index (κ3) is 5.88. The van der Waals surface area contributed by atoms with Crippen LogP contribution in [0.25, 0.3) is 0 Å². The van der Waals surface area contributed by atoms with Crippen molar-refractivity contribution in [1.29, 1.82) is 0 Å². The SMILES string of the molecule is COc1cc(NC(=O)NS(=O)(=O)N(C)C[SH](=O)=O)nc(OC)c1. The Hall–Kier alpha value is -2.12. The van der Waals surface area contributed by atoms with E-state index in [1.54, 1.807) is 4.72 Å². The van der Waals surface area contributed by atoms with Gasteiger partial charge in [-0.25, -0.2) is 17.9 Å². The molecule has 0 spiro atoms. The molecule has 0 fully saturated rings. The zero-order valence-electron chi connectivity index (χ0n) is 12.5. The molecule has 1 heterocycles. The molecule has 0 aromatic carbocycles. The van der Waals surface area contributed by atoms with Gasteiger partial charge in [-0.3, -0.25) is 5.32 Å². The summed E-state index contributed by atoms with van der Waals surface area (Å²) in [5.41, 5.74) is 0. The van der Waals surface area contributed by atoms with Gasteiger partial charge in [-0.1, -0.05) is 0 Å². The largest absolute Gasteiger partial charge is 0.496 e. The molecule has 1 aromatic heterocycles. The van der Waals surface area contributed by atoms with Crippen LogP contribution < -0.4 is 19.5 Å². The number of carbonyl (C=O) groups is 1. The Morgan fingerprint density at radius 1 is 1.30 bits per heavy atom. The van der Waals surface area contributed by atoms with Crippen molar-refractivity contribution < 1.29 is 31.1 Å². The lowest BCUT2D eigenvalue weighted by molar-refractivity contribution is 0.256. The zero-order valence-corrected chi connectivity index (χ0v) is 14.2. The zero-order chi connectivity index (χ0) is 17.6. The Morgan fingerprint density at radius 3 is 2.48 bits per heavy atom.